The second-order valence-corrected chi connectivity index (χ2v) is 5.34. The van der Waals surface area contributed by atoms with E-state index in [1.807, 2.05) is 18.3 Å². The van der Waals surface area contributed by atoms with Gasteiger partial charge in [-0.2, -0.15) is 4.98 Å². The number of nitrogens with one attached hydrogen (secondary N) is 1. The molecule has 2 rings (SSSR count). The summed E-state index contributed by atoms with van der Waals surface area (Å²) in [6.07, 6.45) is 3.72. The molecule has 2 heterocycles. The summed E-state index contributed by atoms with van der Waals surface area (Å²) in [6, 6.07) is 3.86. The average Bonchev–Trinajstić information content (AvgIpc) is 2.81. The van der Waals surface area contributed by atoms with E-state index in [0.717, 1.165) is 23.0 Å². The predicted molar refractivity (Wildman–Crippen MR) is 76.7 cm³/mol. The topological polar surface area (TPSA) is 68.2 Å². The van der Waals surface area contributed by atoms with Gasteiger partial charge >= 0.3 is 0 Å². The van der Waals surface area contributed by atoms with Crippen molar-refractivity contribution in [2.24, 2.45) is 5.73 Å². The van der Waals surface area contributed by atoms with Crippen molar-refractivity contribution in [2.45, 2.75) is 32.2 Å². The van der Waals surface area contributed by atoms with E-state index in [1.165, 1.54) is 0 Å². The summed E-state index contributed by atoms with van der Waals surface area (Å²) >= 11 is 3.45. The van der Waals surface area contributed by atoms with Crippen LogP contribution in [0.25, 0.3) is 5.65 Å². The van der Waals surface area contributed by atoms with Gasteiger partial charge in [0.15, 0.2) is 5.65 Å². The summed E-state index contributed by atoms with van der Waals surface area (Å²) < 4.78 is 2.67. The third kappa shape index (κ3) is 2.64. The van der Waals surface area contributed by atoms with Crippen LogP contribution in [0.5, 0.6) is 0 Å². The average molecular weight is 312 g/mol. The Morgan fingerprint density at radius 2 is 2.17 bits per heavy atom. The van der Waals surface area contributed by atoms with Gasteiger partial charge in [-0.15, -0.1) is 5.10 Å². The van der Waals surface area contributed by atoms with Crippen LogP contribution in [0.4, 0.5) is 5.95 Å². The van der Waals surface area contributed by atoms with E-state index in [1.54, 1.807) is 4.52 Å². The van der Waals surface area contributed by atoms with E-state index in [4.69, 9.17) is 5.73 Å². The molecule has 0 fully saturated rings. The molecule has 0 aromatic carbocycles. The standard InChI is InChI=1S/C12H18BrN5/c1-3-12(14,4-2)8-15-11-16-10-9(13)6-5-7-18(10)17-11/h5-7H,3-4,8,14H2,1-2H3,(H,15,17). The third-order valence-corrected chi connectivity index (χ3v) is 3.94. The van der Waals surface area contributed by atoms with Crippen LogP contribution in [0.3, 0.4) is 0 Å². The summed E-state index contributed by atoms with van der Waals surface area (Å²) in [6.45, 7) is 4.87. The molecule has 2 aromatic rings. The molecule has 3 N–H and O–H groups in total. The molecule has 0 saturated heterocycles. The second kappa shape index (κ2) is 5.24. The van der Waals surface area contributed by atoms with Crippen LogP contribution in [0.15, 0.2) is 22.8 Å². The lowest BCUT2D eigenvalue weighted by atomic mass is 9.94. The Balaban J connectivity index is 2.15. The van der Waals surface area contributed by atoms with Gasteiger partial charge in [-0.25, -0.2) is 4.52 Å². The van der Waals surface area contributed by atoms with E-state index < -0.39 is 0 Å². The van der Waals surface area contributed by atoms with Gasteiger partial charge in [0.2, 0.25) is 5.95 Å². The maximum atomic E-state index is 6.23. The van der Waals surface area contributed by atoms with Crippen LogP contribution in [-0.2, 0) is 0 Å². The van der Waals surface area contributed by atoms with E-state index in [-0.39, 0.29) is 5.54 Å². The highest BCUT2D eigenvalue weighted by molar-refractivity contribution is 9.10. The minimum Gasteiger partial charge on any atom is -0.351 e. The van der Waals surface area contributed by atoms with Gasteiger partial charge in [-0.1, -0.05) is 13.8 Å². The Labute approximate surface area is 115 Å². The zero-order valence-electron chi connectivity index (χ0n) is 10.7. The van der Waals surface area contributed by atoms with Crippen LogP contribution in [0, 0.1) is 0 Å². The van der Waals surface area contributed by atoms with E-state index in [0.29, 0.717) is 12.5 Å². The summed E-state index contributed by atoms with van der Waals surface area (Å²) in [5.41, 5.74) is 6.84. The molecule has 18 heavy (non-hydrogen) atoms. The molecule has 0 spiro atoms. The van der Waals surface area contributed by atoms with Crippen LogP contribution < -0.4 is 11.1 Å². The van der Waals surface area contributed by atoms with Gasteiger partial charge in [0.25, 0.3) is 0 Å². The van der Waals surface area contributed by atoms with Gasteiger partial charge in [0.05, 0.1) is 4.47 Å². The molecule has 0 aliphatic carbocycles. The Bertz CT molecular complexity index is 532. The molecule has 0 aliphatic heterocycles. The molecule has 0 radical (unpaired) electrons. The lowest BCUT2D eigenvalue weighted by molar-refractivity contribution is 0.417. The first-order valence-corrected chi connectivity index (χ1v) is 6.91. The van der Waals surface area contributed by atoms with Crippen molar-refractivity contribution >= 4 is 27.5 Å². The summed E-state index contributed by atoms with van der Waals surface area (Å²) in [7, 11) is 0. The first-order chi connectivity index (χ1) is 8.58. The number of anilines is 1. The van der Waals surface area contributed by atoms with Crippen LogP contribution in [-0.4, -0.2) is 26.7 Å². The number of pyridine rings is 1. The zero-order chi connectivity index (χ0) is 13.2. The molecule has 0 unspecified atom stereocenters. The fraction of sp³-hybridized carbons (Fsp3) is 0.500. The predicted octanol–water partition coefficient (Wildman–Crippen LogP) is 2.42. The first-order valence-electron chi connectivity index (χ1n) is 6.11. The van der Waals surface area contributed by atoms with Crippen molar-refractivity contribution in [3.8, 4) is 0 Å². The number of rotatable bonds is 5. The SMILES string of the molecule is CCC(N)(CC)CNc1nc2c(Br)cccn2n1. The summed E-state index contributed by atoms with van der Waals surface area (Å²) in [5, 5.41) is 7.57. The van der Waals surface area contributed by atoms with Crippen molar-refractivity contribution in [3.05, 3.63) is 22.8 Å². The molecule has 0 saturated carbocycles. The lowest BCUT2D eigenvalue weighted by Crippen LogP contribution is -2.45. The van der Waals surface area contributed by atoms with E-state index >= 15 is 0 Å². The molecular weight excluding hydrogens is 294 g/mol. The number of hydrogen-bond acceptors (Lipinski definition) is 4. The van der Waals surface area contributed by atoms with Crippen LogP contribution >= 0.6 is 15.9 Å². The number of halogens is 1. The van der Waals surface area contributed by atoms with Gasteiger partial charge < -0.3 is 11.1 Å². The molecule has 2 aromatic heterocycles. The summed E-state index contributed by atoms with van der Waals surface area (Å²) in [5.74, 6) is 0.610. The van der Waals surface area contributed by atoms with Gasteiger partial charge in [-0.3, -0.25) is 0 Å². The smallest absolute Gasteiger partial charge is 0.243 e. The summed E-state index contributed by atoms with van der Waals surface area (Å²) in [4.78, 5) is 4.42. The Kier molecular flexibility index (Phi) is 3.87. The largest absolute Gasteiger partial charge is 0.351 e. The normalized spacial score (nSPS) is 12.0. The number of hydrogen-bond donors (Lipinski definition) is 2. The van der Waals surface area contributed by atoms with Gasteiger partial charge in [0.1, 0.15) is 0 Å². The van der Waals surface area contributed by atoms with Crippen molar-refractivity contribution < 1.29 is 0 Å². The second-order valence-electron chi connectivity index (χ2n) is 4.48. The molecule has 98 valence electrons. The van der Waals surface area contributed by atoms with Crippen molar-refractivity contribution in [1.29, 1.82) is 0 Å². The molecular formula is C12H18BrN5. The Hall–Kier alpha value is -1.14. The highest BCUT2D eigenvalue weighted by Gasteiger charge is 2.20. The van der Waals surface area contributed by atoms with Crippen molar-refractivity contribution in [2.75, 3.05) is 11.9 Å². The lowest BCUT2D eigenvalue weighted by Gasteiger charge is -2.26. The van der Waals surface area contributed by atoms with Gasteiger partial charge in [-0.05, 0) is 40.9 Å². The minimum absolute atomic E-state index is 0.200. The fourth-order valence-electron chi connectivity index (χ4n) is 1.70. The van der Waals surface area contributed by atoms with Crippen molar-refractivity contribution in [1.82, 2.24) is 14.6 Å². The molecule has 0 amide bonds. The monoisotopic (exact) mass is 311 g/mol. The van der Waals surface area contributed by atoms with E-state index in [9.17, 15) is 0 Å². The van der Waals surface area contributed by atoms with Gasteiger partial charge in [0, 0.05) is 18.3 Å². The number of nitrogens with zero attached hydrogens (tertiary/aromatic N) is 3. The number of fused-ring (bicyclic) bond motifs is 1. The zero-order valence-corrected chi connectivity index (χ0v) is 12.2. The highest BCUT2D eigenvalue weighted by atomic mass is 79.9. The molecule has 0 atom stereocenters. The maximum absolute atomic E-state index is 6.23. The molecule has 5 nitrogen and oxygen atoms in total. The Morgan fingerprint density at radius 1 is 1.44 bits per heavy atom. The minimum atomic E-state index is -0.200. The molecule has 0 bridgehead atoms. The molecule has 6 heteroatoms. The number of aromatic nitrogens is 3. The highest BCUT2D eigenvalue weighted by Crippen LogP contribution is 2.17. The van der Waals surface area contributed by atoms with Crippen LogP contribution in [0.2, 0.25) is 0 Å². The van der Waals surface area contributed by atoms with Crippen molar-refractivity contribution in [3.63, 3.8) is 0 Å². The quantitative estimate of drug-likeness (QED) is 0.890. The third-order valence-electron chi connectivity index (χ3n) is 3.32. The fourth-order valence-corrected chi connectivity index (χ4v) is 2.13. The first kappa shape index (κ1) is 13.3. The maximum Gasteiger partial charge on any atom is 0.243 e. The van der Waals surface area contributed by atoms with Crippen LogP contribution in [0.1, 0.15) is 26.7 Å². The van der Waals surface area contributed by atoms with E-state index in [2.05, 4.69) is 45.2 Å². The molecule has 0 aliphatic rings. The number of nitrogens with two attached hydrogens (primary N) is 1. The Morgan fingerprint density at radius 3 is 2.78 bits per heavy atom.